The molecule has 2 aromatic carbocycles. The summed E-state index contributed by atoms with van der Waals surface area (Å²) in [6.45, 7) is 10.4. The molecule has 0 aliphatic heterocycles. The maximum absolute atomic E-state index is 12.5. The topological polar surface area (TPSA) is 95.6 Å². The van der Waals surface area contributed by atoms with Gasteiger partial charge in [0.05, 0.1) is 0 Å². The Morgan fingerprint density at radius 2 is 1.64 bits per heavy atom. The van der Waals surface area contributed by atoms with Gasteiger partial charge in [0.15, 0.2) is 0 Å². The van der Waals surface area contributed by atoms with Gasteiger partial charge in [-0.05, 0) is 110 Å². The van der Waals surface area contributed by atoms with Gasteiger partial charge in [0.2, 0.25) is 0 Å². The zero-order valence-corrected chi connectivity index (χ0v) is 20.0. The Morgan fingerprint density at radius 3 is 2.21 bits per heavy atom. The second-order valence-corrected chi connectivity index (χ2v) is 9.01. The van der Waals surface area contributed by atoms with Crippen molar-refractivity contribution in [2.24, 2.45) is 0 Å². The van der Waals surface area contributed by atoms with E-state index >= 15 is 0 Å². The van der Waals surface area contributed by atoms with Crippen LogP contribution < -0.4 is 10.6 Å². The zero-order chi connectivity index (χ0) is 23.5. The SMILES string of the molecule is C/C(=C\c1c(C)c(C)c(-c2ccc(NC3CCCC3)cc2)c(C)c1C)C(=O)Nc1nn[nH]n1. The normalized spacial score (nSPS) is 14.5. The van der Waals surface area contributed by atoms with Gasteiger partial charge in [-0.25, -0.2) is 0 Å². The number of tetrazole rings is 1. The van der Waals surface area contributed by atoms with Crippen molar-refractivity contribution in [1.82, 2.24) is 20.6 Å². The fraction of sp³-hybridized carbons (Fsp3) is 0.385. The van der Waals surface area contributed by atoms with E-state index in [-0.39, 0.29) is 11.9 Å². The number of hydrogen-bond donors (Lipinski definition) is 3. The molecular formula is C26H32N6O. The van der Waals surface area contributed by atoms with Gasteiger partial charge < -0.3 is 5.32 Å². The van der Waals surface area contributed by atoms with Crippen molar-refractivity contribution in [2.75, 3.05) is 10.6 Å². The lowest BCUT2D eigenvalue weighted by Gasteiger charge is -2.20. The number of rotatable bonds is 6. The summed E-state index contributed by atoms with van der Waals surface area (Å²) in [5, 5.41) is 19.7. The third-order valence-corrected chi connectivity index (χ3v) is 6.87. The Balaban J connectivity index is 1.62. The molecule has 0 saturated heterocycles. The van der Waals surface area contributed by atoms with Gasteiger partial charge in [0.1, 0.15) is 0 Å². The Bertz CT molecular complexity index is 1140. The average Bonchev–Trinajstić information content (AvgIpc) is 3.51. The number of nitrogens with one attached hydrogen (secondary N) is 3. The fourth-order valence-electron chi connectivity index (χ4n) is 4.73. The van der Waals surface area contributed by atoms with E-state index in [9.17, 15) is 4.79 Å². The van der Waals surface area contributed by atoms with Crippen LogP contribution in [0.1, 0.15) is 60.4 Å². The van der Waals surface area contributed by atoms with E-state index < -0.39 is 0 Å². The molecule has 1 fully saturated rings. The van der Waals surface area contributed by atoms with E-state index in [1.165, 1.54) is 64.8 Å². The highest BCUT2D eigenvalue weighted by Gasteiger charge is 2.18. The first-order valence-electron chi connectivity index (χ1n) is 11.6. The predicted octanol–water partition coefficient (Wildman–Crippen LogP) is 5.50. The van der Waals surface area contributed by atoms with Crippen molar-refractivity contribution < 1.29 is 4.79 Å². The number of hydrogen-bond acceptors (Lipinski definition) is 5. The molecular weight excluding hydrogens is 412 g/mol. The number of aromatic nitrogens is 4. The average molecular weight is 445 g/mol. The van der Waals surface area contributed by atoms with Crippen molar-refractivity contribution in [3.05, 3.63) is 57.7 Å². The lowest BCUT2D eigenvalue weighted by Crippen LogP contribution is -2.14. The number of carbonyl (C=O) groups excluding carboxylic acids is 1. The van der Waals surface area contributed by atoms with Crippen LogP contribution in [-0.2, 0) is 4.79 Å². The van der Waals surface area contributed by atoms with Gasteiger partial charge >= 0.3 is 0 Å². The molecule has 4 rings (SSSR count). The molecule has 7 nitrogen and oxygen atoms in total. The van der Waals surface area contributed by atoms with Crippen LogP contribution in [0.15, 0.2) is 29.8 Å². The van der Waals surface area contributed by atoms with Gasteiger partial charge in [-0.3, -0.25) is 10.1 Å². The number of benzene rings is 2. The first-order chi connectivity index (χ1) is 15.8. The van der Waals surface area contributed by atoms with E-state index in [0.717, 1.165) is 5.56 Å². The second kappa shape index (κ2) is 9.57. The van der Waals surface area contributed by atoms with Gasteiger partial charge in [-0.15, -0.1) is 5.10 Å². The van der Waals surface area contributed by atoms with Crippen molar-refractivity contribution in [3.63, 3.8) is 0 Å². The molecule has 0 radical (unpaired) electrons. The largest absolute Gasteiger partial charge is 0.382 e. The third kappa shape index (κ3) is 4.82. The summed E-state index contributed by atoms with van der Waals surface area (Å²) in [5.74, 6) is -0.0882. The number of carbonyl (C=O) groups is 1. The number of nitrogens with zero attached hydrogens (tertiary/aromatic N) is 3. The standard InChI is InChI=1S/C26H32N6O/c1-15(25(33)28-26-29-31-32-30-26)14-23-16(2)18(4)24(19(5)17(23)3)20-10-12-22(13-11-20)27-21-8-6-7-9-21/h10-14,21,27H,6-9H2,1-5H3,(H2,28,29,30,31,32,33)/b15-14+. The molecule has 7 heteroatoms. The number of amides is 1. The van der Waals surface area contributed by atoms with Crippen LogP contribution in [0.3, 0.4) is 0 Å². The smallest absolute Gasteiger partial charge is 0.270 e. The van der Waals surface area contributed by atoms with E-state index in [2.05, 4.69) is 83.2 Å². The van der Waals surface area contributed by atoms with Gasteiger partial charge in [-0.1, -0.05) is 30.1 Å². The Kier molecular flexibility index (Phi) is 6.58. The molecule has 172 valence electrons. The van der Waals surface area contributed by atoms with Crippen LogP contribution in [0, 0.1) is 27.7 Å². The lowest BCUT2D eigenvalue weighted by molar-refractivity contribution is -0.112. The molecule has 0 bridgehead atoms. The Morgan fingerprint density at radius 1 is 1.00 bits per heavy atom. The predicted molar refractivity (Wildman–Crippen MR) is 133 cm³/mol. The summed E-state index contributed by atoms with van der Waals surface area (Å²) in [6.07, 6.45) is 7.12. The van der Waals surface area contributed by atoms with Crippen LogP contribution in [0.2, 0.25) is 0 Å². The molecule has 0 spiro atoms. The number of anilines is 2. The van der Waals surface area contributed by atoms with E-state index in [1.54, 1.807) is 6.92 Å². The maximum atomic E-state index is 12.5. The molecule has 1 aromatic heterocycles. The molecule has 1 aliphatic rings. The van der Waals surface area contributed by atoms with Crippen molar-refractivity contribution in [2.45, 2.75) is 66.3 Å². The highest BCUT2D eigenvalue weighted by Crippen LogP contribution is 2.36. The first-order valence-corrected chi connectivity index (χ1v) is 11.6. The van der Waals surface area contributed by atoms with Gasteiger partial charge in [0, 0.05) is 17.3 Å². The molecule has 33 heavy (non-hydrogen) atoms. The Hall–Kier alpha value is -3.48. The van der Waals surface area contributed by atoms with Crippen molar-refractivity contribution >= 4 is 23.6 Å². The highest BCUT2D eigenvalue weighted by molar-refractivity contribution is 6.05. The highest BCUT2D eigenvalue weighted by atomic mass is 16.1. The van der Waals surface area contributed by atoms with Crippen LogP contribution in [0.4, 0.5) is 11.6 Å². The number of H-pyrrole nitrogens is 1. The van der Waals surface area contributed by atoms with Crippen LogP contribution in [0.5, 0.6) is 0 Å². The Labute approximate surface area is 195 Å². The molecule has 1 saturated carbocycles. The fourth-order valence-corrected chi connectivity index (χ4v) is 4.73. The monoisotopic (exact) mass is 444 g/mol. The second-order valence-electron chi connectivity index (χ2n) is 9.01. The molecule has 1 amide bonds. The summed E-state index contributed by atoms with van der Waals surface area (Å²) in [7, 11) is 0. The van der Waals surface area contributed by atoms with Gasteiger partial charge in [0.25, 0.3) is 11.9 Å². The summed E-state index contributed by atoms with van der Waals surface area (Å²) in [6, 6.07) is 9.42. The summed E-state index contributed by atoms with van der Waals surface area (Å²) in [5.41, 5.74) is 10.1. The zero-order valence-electron chi connectivity index (χ0n) is 20.0. The first kappa shape index (κ1) is 22.7. The summed E-state index contributed by atoms with van der Waals surface area (Å²) >= 11 is 0. The van der Waals surface area contributed by atoms with Gasteiger partial charge in [-0.2, -0.15) is 5.21 Å². The summed E-state index contributed by atoms with van der Waals surface area (Å²) in [4.78, 5) is 12.5. The van der Waals surface area contributed by atoms with E-state index in [4.69, 9.17) is 0 Å². The van der Waals surface area contributed by atoms with E-state index in [1.807, 2.05) is 6.08 Å². The molecule has 1 aliphatic carbocycles. The summed E-state index contributed by atoms with van der Waals surface area (Å²) < 4.78 is 0. The molecule has 3 N–H and O–H groups in total. The van der Waals surface area contributed by atoms with Crippen molar-refractivity contribution in [3.8, 4) is 11.1 Å². The quantitative estimate of drug-likeness (QED) is 0.437. The maximum Gasteiger partial charge on any atom is 0.270 e. The number of aromatic amines is 1. The van der Waals surface area contributed by atoms with Crippen LogP contribution >= 0.6 is 0 Å². The minimum absolute atomic E-state index is 0.162. The molecule has 1 heterocycles. The van der Waals surface area contributed by atoms with Crippen molar-refractivity contribution in [1.29, 1.82) is 0 Å². The molecule has 0 atom stereocenters. The van der Waals surface area contributed by atoms with E-state index in [0.29, 0.717) is 11.6 Å². The van der Waals surface area contributed by atoms with Crippen LogP contribution in [0.25, 0.3) is 17.2 Å². The van der Waals surface area contributed by atoms with Crippen LogP contribution in [-0.4, -0.2) is 32.6 Å². The molecule has 0 unspecified atom stereocenters. The third-order valence-electron chi connectivity index (χ3n) is 6.87. The molecule has 3 aromatic rings. The minimum Gasteiger partial charge on any atom is -0.382 e. The lowest BCUT2D eigenvalue weighted by atomic mass is 9.85. The minimum atomic E-state index is -0.250.